The molecule has 6 heteroatoms. The molecule has 1 aliphatic rings. The number of thiazole rings is 1. The molecule has 2 N–H and O–H groups in total. The summed E-state index contributed by atoms with van der Waals surface area (Å²) in [5, 5.41) is 7.15. The van der Waals surface area contributed by atoms with E-state index in [1.165, 1.54) is 35.4 Å². The first-order chi connectivity index (χ1) is 14.6. The van der Waals surface area contributed by atoms with Crippen molar-refractivity contribution in [2.24, 2.45) is 0 Å². The summed E-state index contributed by atoms with van der Waals surface area (Å²) in [5.41, 5.74) is 5.39. The largest absolute Gasteiger partial charge is 0.372 e. The number of benzene rings is 2. The molecule has 1 aliphatic heterocycles. The highest BCUT2D eigenvalue weighted by molar-refractivity contribution is 7.17. The molecule has 5 nitrogen and oxygen atoms in total. The molecule has 2 aromatic carbocycles. The lowest BCUT2D eigenvalue weighted by Crippen LogP contribution is -2.22. The van der Waals surface area contributed by atoms with Gasteiger partial charge in [0.1, 0.15) is 4.88 Å². The van der Waals surface area contributed by atoms with Crippen LogP contribution in [0.15, 0.2) is 48.5 Å². The molecule has 0 atom stereocenters. The molecule has 1 saturated heterocycles. The van der Waals surface area contributed by atoms with Crippen molar-refractivity contribution in [2.75, 3.05) is 23.3 Å². The Balaban J connectivity index is 1.38. The van der Waals surface area contributed by atoms with Crippen LogP contribution >= 0.6 is 11.3 Å². The van der Waals surface area contributed by atoms with Crippen LogP contribution in [0.4, 0.5) is 16.5 Å². The quantitative estimate of drug-likeness (QED) is 0.545. The van der Waals surface area contributed by atoms with Gasteiger partial charge in [-0.1, -0.05) is 48.6 Å². The Kier molecular flexibility index (Phi) is 6.33. The van der Waals surface area contributed by atoms with Crippen LogP contribution in [0.5, 0.6) is 0 Å². The lowest BCUT2D eigenvalue weighted by atomic mass is 10.1. The fourth-order valence-electron chi connectivity index (χ4n) is 3.79. The molecule has 0 bridgehead atoms. The maximum absolute atomic E-state index is 12.7. The standard InChI is InChI=1S/C24H28N4OS/c1-3-19-8-4-5-9-21(19)27-24-26-17(2)22(30-24)23(29)25-16-18-10-12-20(13-11-18)28-14-6-7-15-28/h4-5,8-13H,3,6-7,14-16H2,1-2H3,(H,25,29)(H,26,27). The van der Waals surface area contributed by atoms with E-state index in [0.717, 1.165) is 41.6 Å². The highest BCUT2D eigenvalue weighted by atomic mass is 32.1. The zero-order valence-corrected chi connectivity index (χ0v) is 18.4. The van der Waals surface area contributed by atoms with Crippen molar-refractivity contribution in [2.45, 2.75) is 39.7 Å². The van der Waals surface area contributed by atoms with Crippen molar-refractivity contribution in [1.82, 2.24) is 10.3 Å². The van der Waals surface area contributed by atoms with E-state index in [0.29, 0.717) is 11.4 Å². The second-order valence-electron chi connectivity index (χ2n) is 7.61. The summed E-state index contributed by atoms with van der Waals surface area (Å²) < 4.78 is 0. The molecule has 2 heterocycles. The van der Waals surface area contributed by atoms with E-state index < -0.39 is 0 Å². The van der Waals surface area contributed by atoms with Crippen molar-refractivity contribution in [3.63, 3.8) is 0 Å². The van der Waals surface area contributed by atoms with Gasteiger partial charge in [-0.25, -0.2) is 4.98 Å². The Hall–Kier alpha value is -2.86. The van der Waals surface area contributed by atoms with Gasteiger partial charge >= 0.3 is 0 Å². The average molecular weight is 421 g/mol. The van der Waals surface area contributed by atoms with Crippen molar-refractivity contribution in [3.8, 4) is 0 Å². The number of rotatable bonds is 7. The minimum absolute atomic E-state index is 0.0783. The molecule has 4 rings (SSSR count). The number of nitrogens with zero attached hydrogens (tertiary/aromatic N) is 2. The van der Waals surface area contributed by atoms with E-state index in [-0.39, 0.29) is 5.91 Å². The fraction of sp³-hybridized carbons (Fsp3) is 0.333. The molecule has 30 heavy (non-hydrogen) atoms. The molecule has 1 amide bonds. The van der Waals surface area contributed by atoms with Gasteiger partial charge in [-0.05, 0) is 55.5 Å². The van der Waals surface area contributed by atoms with Crippen LogP contribution in [0.2, 0.25) is 0 Å². The first-order valence-corrected chi connectivity index (χ1v) is 11.4. The Bertz CT molecular complexity index is 1010. The van der Waals surface area contributed by atoms with Crippen LogP contribution < -0.4 is 15.5 Å². The number of para-hydroxylation sites is 1. The van der Waals surface area contributed by atoms with Gasteiger partial charge in [0.2, 0.25) is 0 Å². The number of anilines is 3. The summed E-state index contributed by atoms with van der Waals surface area (Å²) in [6.07, 6.45) is 3.48. The molecule has 0 aliphatic carbocycles. The first-order valence-electron chi connectivity index (χ1n) is 10.6. The Labute approximate surface area is 182 Å². The zero-order valence-electron chi connectivity index (χ0n) is 17.6. The van der Waals surface area contributed by atoms with Gasteiger partial charge in [-0.2, -0.15) is 0 Å². The topological polar surface area (TPSA) is 57.3 Å². The maximum Gasteiger partial charge on any atom is 0.263 e. The Morgan fingerprint density at radius 2 is 1.83 bits per heavy atom. The number of carbonyl (C=O) groups is 1. The SMILES string of the molecule is CCc1ccccc1Nc1nc(C)c(C(=O)NCc2ccc(N3CCCC3)cc2)s1. The third-order valence-corrected chi connectivity index (χ3v) is 6.57. The van der Waals surface area contributed by atoms with Crippen molar-refractivity contribution >= 4 is 33.8 Å². The van der Waals surface area contributed by atoms with Gasteiger partial charge < -0.3 is 15.5 Å². The number of nitrogens with one attached hydrogen (secondary N) is 2. The van der Waals surface area contributed by atoms with Crippen LogP contribution in [-0.2, 0) is 13.0 Å². The third kappa shape index (κ3) is 4.65. The van der Waals surface area contributed by atoms with Gasteiger partial charge in [0.15, 0.2) is 5.13 Å². The van der Waals surface area contributed by atoms with Gasteiger partial charge in [-0.15, -0.1) is 0 Å². The van der Waals surface area contributed by atoms with Crippen LogP contribution in [0, 0.1) is 6.92 Å². The molecular formula is C24H28N4OS. The van der Waals surface area contributed by atoms with Crippen molar-refractivity contribution in [1.29, 1.82) is 0 Å². The van der Waals surface area contributed by atoms with Gasteiger partial charge in [0.25, 0.3) is 5.91 Å². The highest BCUT2D eigenvalue weighted by Crippen LogP contribution is 2.28. The van der Waals surface area contributed by atoms with Gasteiger partial charge in [0, 0.05) is 31.0 Å². The molecule has 1 fully saturated rings. The van der Waals surface area contributed by atoms with E-state index in [1.54, 1.807) is 0 Å². The van der Waals surface area contributed by atoms with E-state index in [2.05, 4.69) is 57.8 Å². The van der Waals surface area contributed by atoms with Crippen LogP contribution in [-0.4, -0.2) is 24.0 Å². The molecule has 0 radical (unpaired) electrons. The predicted octanol–water partition coefficient (Wildman–Crippen LogP) is 5.29. The number of carbonyl (C=O) groups excluding carboxylic acids is 1. The molecule has 0 unspecified atom stereocenters. The van der Waals surface area contributed by atoms with Crippen molar-refractivity contribution < 1.29 is 4.79 Å². The molecule has 0 saturated carbocycles. The Morgan fingerprint density at radius 1 is 1.10 bits per heavy atom. The summed E-state index contributed by atoms with van der Waals surface area (Å²) in [4.78, 5) is 20.3. The van der Waals surface area contributed by atoms with E-state index >= 15 is 0 Å². The van der Waals surface area contributed by atoms with Gasteiger partial charge in [0.05, 0.1) is 5.69 Å². The van der Waals surface area contributed by atoms with E-state index in [1.807, 2.05) is 25.1 Å². The molecular weight excluding hydrogens is 392 g/mol. The summed E-state index contributed by atoms with van der Waals surface area (Å²) >= 11 is 1.40. The number of aryl methyl sites for hydroxylation is 2. The third-order valence-electron chi connectivity index (χ3n) is 5.50. The first kappa shape index (κ1) is 20.4. The minimum Gasteiger partial charge on any atom is -0.372 e. The van der Waals surface area contributed by atoms with Gasteiger partial charge in [-0.3, -0.25) is 4.79 Å². The van der Waals surface area contributed by atoms with E-state index in [4.69, 9.17) is 0 Å². The number of hydrogen-bond donors (Lipinski definition) is 2. The summed E-state index contributed by atoms with van der Waals surface area (Å²) in [7, 11) is 0. The molecule has 156 valence electrons. The van der Waals surface area contributed by atoms with Crippen molar-refractivity contribution in [3.05, 3.63) is 70.2 Å². The number of hydrogen-bond acceptors (Lipinski definition) is 5. The molecule has 0 spiro atoms. The second kappa shape index (κ2) is 9.30. The predicted molar refractivity (Wildman–Crippen MR) is 125 cm³/mol. The van der Waals surface area contributed by atoms with Crippen LogP contribution in [0.25, 0.3) is 0 Å². The lowest BCUT2D eigenvalue weighted by Gasteiger charge is -2.17. The van der Waals surface area contributed by atoms with Crippen LogP contribution in [0.3, 0.4) is 0 Å². The summed E-state index contributed by atoms with van der Waals surface area (Å²) in [6.45, 7) is 6.80. The Morgan fingerprint density at radius 3 is 2.57 bits per heavy atom. The maximum atomic E-state index is 12.7. The summed E-state index contributed by atoms with van der Waals surface area (Å²) in [6, 6.07) is 16.7. The normalized spacial score (nSPS) is 13.5. The molecule has 3 aromatic rings. The monoisotopic (exact) mass is 420 g/mol. The zero-order chi connectivity index (χ0) is 20.9. The highest BCUT2D eigenvalue weighted by Gasteiger charge is 2.16. The minimum atomic E-state index is -0.0783. The lowest BCUT2D eigenvalue weighted by molar-refractivity contribution is 0.0954. The van der Waals surface area contributed by atoms with Crippen LogP contribution in [0.1, 0.15) is 46.3 Å². The smallest absolute Gasteiger partial charge is 0.263 e. The average Bonchev–Trinajstić information content (AvgIpc) is 3.43. The van der Waals surface area contributed by atoms with E-state index in [9.17, 15) is 4.79 Å². The number of aromatic nitrogens is 1. The fourth-order valence-corrected chi connectivity index (χ4v) is 4.68. The summed E-state index contributed by atoms with van der Waals surface area (Å²) in [5.74, 6) is -0.0783. The molecule has 1 aromatic heterocycles. The number of amides is 1. The second-order valence-corrected chi connectivity index (χ2v) is 8.61.